The van der Waals surface area contributed by atoms with E-state index in [1.807, 2.05) is 0 Å². The van der Waals surface area contributed by atoms with Crippen molar-refractivity contribution in [3.8, 4) is 0 Å². The molecule has 1 atom stereocenters. The highest BCUT2D eigenvalue weighted by Gasteiger charge is 2.35. The van der Waals surface area contributed by atoms with Gasteiger partial charge in [-0.2, -0.15) is 0 Å². The molecule has 0 bridgehead atoms. The van der Waals surface area contributed by atoms with Crippen molar-refractivity contribution in [2.24, 2.45) is 5.92 Å². The largest absolute Gasteiger partial charge is 0.339 e. The fourth-order valence-electron chi connectivity index (χ4n) is 2.31. The molecule has 0 spiro atoms. The van der Waals surface area contributed by atoms with Crippen LogP contribution >= 0.6 is 0 Å². The van der Waals surface area contributed by atoms with Crippen molar-refractivity contribution in [2.75, 3.05) is 20.1 Å². The third-order valence-electron chi connectivity index (χ3n) is 3.31. The predicted octanol–water partition coefficient (Wildman–Crippen LogP) is 0.469. The molecule has 20 heavy (non-hydrogen) atoms. The fraction of sp³-hybridized carbons (Fsp3) is 0.429. The van der Waals surface area contributed by atoms with Gasteiger partial charge in [-0.05, 0) is 0 Å². The van der Waals surface area contributed by atoms with Crippen molar-refractivity contribution in [3.63, 3.8) is 0 Å². The molecule has 1 aromatic rings. The number of carbonyl (C=O) groups excluding carboxylic acids is 2. The Morgan fingerprint density at radius 1 is 1.60 bits per heavy atom. The molecule has 2 amide bonds. The average Bonchev–Trinajstić information content (AvgIpc) is 2.81. The van der Waals surface area contributed by atoms with Crippen molar-refractivity contribution in [2.45, 2.75) is 13.0 Å². The second-order valence-corrected chi connectivity index (χ2v) is 4.88. The molecule has 0 radical (unpaired) electrons. The molecular formula is C14H18N4O2. The lowest BCUT2D eigenvalue weighted by atomic mass is 10.1. The van der Waals surface area contributed by atoms with Gasteiger partial charge in [0.1, 0.15) is 0 Å². The first-order chi connectivity index (χ1) is 9.61. The van der Waals surface area contributed by atoms with Gasteiger partial charge in [0.05, 0.1) is 24.4 Å². The Labute approximate surface area is 118 Å². The van der Waals surface area contributed by atoms with E-state index in [2.05, 4.69) is 16.5 Å². The summed E-state index contributed by atoms with van der Waals surface area (Å²) in [6.45, 7) is 4.98. The predicted molar refractivity (Wildman–Crippen MR) is 73.4 cm³/mol. The van der Waals surface area contributed by atoms with Gasteiger partial charge in [-0.25, -0.2) is 0 Å². The van der Waals surface area contributed by atoms with Gasteiger partial charge in [0.25, 0.3) is 0 Å². The van der Waals surface area contributed by atoms with E-state index < -0.39 is 0 Å². The number of hydrogen-bond acceptors (Lipinski definition) is 4. The van der Waals surface area contributed by atoms with Crippen molar-refractivity contribution in [1.29, 1.82) is 0 Å². The Kier molecular flexibility index (Phi) is 4.45. The molecule has 0 N–H and O–H groups in total. The topological polar surface area (TPSA) is 66.4 Å². The first kappa shape index (κ1) is 14.2. The number of likely N-dealkylation sites (tertiary alicyclic amines) is 1. The summed E-state index contributed by atoms with van der Waals surface area (Å²) in [4.78, 5) is 35.4. The third kappa shape index (κ3) is 3.20. The van der Waals surface area contributed by atoms with E-state index >= 15 is 0 Å². The smallest absolute Gasteiger partial charge is 0.228 e. The average molecular weight is 274 g/mol. The van der Waals surface area contributed by atoms with Crippen LogP contribution in [-0.2, 0) is 16.1 Å². The minimum atomic E-state index is -0.274. The Balaban J connectivity index is 1.94. The molecule has 1 aromatic heterocycles. The van der Waals surface area contributed by atoms with Crippen molar-refractivity contribution in [3.05, 3.63) is 36.9 Å². The zero-order valence-electron chi connectivity index (χ0n) is 11.5. The van der Waals surface area contributed by atoms with Crippen LogP contribution in [0.2, 0.25) is 0 Å². The SMILES string of the molecule is C=CCN1CC(C(=O)N(C)Cc2cnccn2)CC1=O. The molecule has 2 rings (SSSR count). The molecular weight excluding hydrogens is 256 g/mol. The van der Waals surface area contributed by atoms with E-state index in [-0.39, 0.29) is 24.2 Å². The van der Waals surface area contributed by atoms with E-state index in [4.69, 9.17) is 0 Å². The van der Waals surface area contributed by atoms with Crippen molar-refractivity contribution in [1.82, 2.24) is 19.8 Å². The van der Waals surface area contributed by atoms with Crippen LogP contribution in [0.15, 0.2) is 31.2 Å². The quantitative estimate of drug-likeness (QED) is 0.732. The molecule has 1 aliphatic heterocycles. The molecule has 106 valence electrons. The number of rotatable bonds is 5. The van der Waals surface area contributed by atoms with Gasteiger partial charge >= 0.3 is 0 Å². The summed E-state index contributed by atoms with van der Waals surface area (Å²) < 4.78 is 0. The molecule has 6 heteroatoms. The van der Waals surface area contributed by atoms with Gasteiger partial charge in [-0.15, -0.1) is 6.58 Å². The maximum atomic E-state index is 12.3. The molecule has 1 saturated heterocycles. The van der Waals surface area contributed by atoms with Crippen LogP contribution in [-0.4, -0.2) is 51.7 Å². The van der Waals surface area contributed by atoms with Crippen LogP contribution in [0.1, 0.15) is 12.1 Å². The van der Waals surface area contributed by atoms with Crippen LogP contribution in [0.3, 0.4) is 0 Å². The van der Waals surface area contributed by atoms with Crippen molar-refractivity contribution < 1.29 is 9.59 Å². The molecule has 0 aromatic carbocycles. The van der Waals surface area contributed by atoms with Gasteiger partial charge in [0, 0.05) is 39.0 Å². The van der Waals surface area contributed by atoms with Gasteiger partial charge in [0.15, 0.2) is 0 Å². The van der Waals surface area contributed by atoms with E-state index in [9.17, 15) is 9.59 Å². The lowest BCUT2D eigenvalue weighted by molar-refractivity contribution is -0.135. The number of hydrogen-bond donors (Lipinski definition) is 0. The second-order valence-electron chi connectivity index (χ2n) is 4.88. The number of nitrogens with zero attached hydrogens (tertiary/aromatic N) is 4. The minimum absolute atomic E-state index is 0.0103. The number of aromatic nitrogens is 2. The van der Waals surface area contributed by atoms with Crippen LogP contribution in [0.5, 0.6) is 0 Å². The lowest BCUT2D eigenvalue weighted by Crippen LogP contribution is -2.34. The molecule has 6 nitrogen and oxygen atoms in total. The zero-order valence-corrected chi connectivity index (χ0v) is 11.5. The number of amides is 2. The van der Waals surface area contributed by atoms with Crippen LogP contribution < -0.4 is 0 Å². The normalized spacial score (nSPS) is 18.1. The van der Waals surface area contributed by atoms with Crippen LogP contribution in [0, 0.1) is 5.92 Å². The van der Waals surface area contributed by atoms with E-state index in [0.29, 0.717) is 19.6 Å². The minimum Gasteiger partial charge on any atom is -0.339 e. The first-order valence-electron chi connectivity index (χ1n) is 6.50. The highest BCUT2D eigenvalue weighted by molar-refractivity contribution is 5.89. The van der Waals surface area contributed by atoms with Gasteiger partial charge in [-0.3, -0.25) is 19.6 Å². The monoisotopic (exact) mass is 274 g/mol. The van der Waals surface area contributed by atoms with Crippen LogP contribution in [0.25, 0.3) is 0 Å². The van der Waals surface area contributed by atoms with E-state index in [1.165, 1.54) is 0 Å². The zero-order chi connectivity index (χ0) is 14.5. The number of carbonyl (C=O) groups is 2. The maximum Gasteiger partial charge on any atom is 0.228 e. The molecule has 1 aliphatic rings. The Hall–Kier alpha value is -2.24. The summed E-state index contributed by atoms with van der Waals surface area (Å²) >= 11 is 0. The standard InChI is InChI=1S/C14H18N4O2/c1-3-6-18-9-11(7-13(18)19)14(20)17(2)10-12-8-15-4-5-16-12/h3-5,8,11H,1,6-7,9-10H2,2H3. The van der Waals surface area contributed by atoms with Gasteiger partial charge in [0.2, 0.25) is 11.8 Å². The molecule has 0 saturated carbocycles. The molecule has 0 aliphatic carbocycles. The highest BCUT2D eigenvalue weighted by Crippen LogP contribution is 2.20. The van der Waals surface area contributed by atoms with Crippen molar-refractivity contribution >= 4 is 11.8 Å². The Morgan fingerprint density at radius 2 is 2.40 bits per heavy atom. The molecule has 2 heterocycles. The fourth-order valence-corrected chi connectivity index (χ4v) is 2.31. The van der Waals surface area contributed by atoms with E-state index in [1.54, 1.807) is 41.5 Å². The first-order valence-corrected chi connectivity index (χ1v) is 6.50. The van der Waals surface area contributed by atoms with Crippen LogP contribution in [0.4, 0.5) is 0 Å². The van der Waals surface area contributed by atoms with E-state index in [0.717, 1.165) is 5.69 Å². The molecule has 1 fully saturated rings. The molecule has 1 unspecified atom stereocenters. The lowest BCUT2D eigenvalue weighted by Gasteiger charge is -2.20. The third-order valence-corrected chi connectivity index (χ3v) is 3.31. The summed E-state index contributed by atoms with van der Waals surface area (Å²) in [5.74, 6) is -0.296. The summed E-state index contributed by atoms with van der Waals surface area (Å²) in [6.07, 6.45) is 6.77. The Morgan fingerprint density at radius 3 is 3.05 bits per heavy atom. The maximum absolute atomic E-state index is 12.3. The summed E-state index contributed by atoms with van der Waals surface area (Å²) in [5.41, 5.74) is 0.732. The summed E-state index contributed by atoms with van der Waals surface area (Å²) in [6, 6.07) is 0. The summed E-state index contributed by atoms with van der Waals surface area (Å²) in [7, 11) is 1.72. The second kappa shape index (κ2) is 6.27. The highest BCUT2D eigenvalue weighted by atomic mass is 16.2. The Bertz CT molecular complexity index is 503. The van der Waals surface area contributed by atoms with Gasteiger partial charge in [-0.1, -0.05) is 6.08 Å². The van der Waals surface area contributed by atoms with Gasteiger partial charge < -0.3 is 9.80 Å². The summed E-state index contributed by atoms with van der Waals surface area (Å²) in [5, 5.41) is 0.